The van der Waals surface area contributed by atoms with Gasteiger partial charge in [-0.25, -0.2) is 9.48 Å². The van der Waals surface area contributed by atoms with E-state index in [1.54, 1.807) is 11.9 Å². The van der Waals surface area contributed by atoms with Gasteiger partial charge in [-0.1, -0.05) is 18.2 Å². The van der Waals surface area contributed by atoms with Gasteiger partial charge in [0.05, 0.1) is 23.8 Å². The molecule has 0 spiro atoms. The fourth-order valence-electron chi connectivity index (χ4n) is 4.02. The van der Waals surface area contributed by atoms with Crippen molar-refractivity contribution in [2.24, 2.45) is 5.92 Å². The van der Waals surface area contributed by atoms with Gasteiger partial charge in [0.2, 0.25) is 0 Å². The Balaban J connectivity index is 1.65. The van der Waals surface area contributed by atoms with Gasteiger partial charge in [-0.15, -0.1) is 0 Å². The standard InChI is InChI=1S/C22H30N4O3/c1-14-7-5-6-8-20(14)26-16(3)19(15(2)24-26)13-25(4)22(29)23-18-11-9-17(10-12-18)21(27)28/h5-8,17-18H,9-13H2,1-4H3,(H,23,29)(H,27,28). The van der Waals surface area contributed by atoms with Gasteiger partial charge in [-0.05, 0) is 58.1 Å². The van der Waals surface area contributed by atoms with Crippen molar-refractivity contribution in [2.45, 2.75) is 59.0 Å². The number of rotatable bonds is 5. The molecule has 0 aliphatic heterocycles. The predicted octanol–water partition coefficient (Wildman–Crippen LogP) is 3.58. The summed E-state index contributed by atoms with van der Waals surface area (Å²) in [5.41, 5.74) is 5.17. The number of aliphatic carboxylic acids is 1. The lowest BCUT2D eigenvalue weighted by molar-refractivity contribution is -0.142. The fraction of sp³-hybridized carbons (Fsp3) is 0.500. The van der Waals surface area contributed by atoms with E-state index in [1.807, 2.05) is 36.7 Å². The molecule has 7 nitrogen and oxygen atoms in total. The maximum absolute atomic E-state index is 12.7. The minimum Gasteiger partial charge on any atom is -0.481 e. The van der Waals surface area contributed by atoms with Crippen molar-refractivity contribution < 1.29 is 14.7 Å². The molecule has 0 atom stereocenters. The molecular weight excluding hydrogens is 368 g/mol. The van der Waals surface area contributed by atoms with E-state index in [4.69, 9.17) is 10.2 Å². The van der Waals surface area contributed by atoms with E-state index >= 15 is 0 Å². The number of nitrogens with one attached hydrogen (secondary N) is 1. The van der Waals surface area contributed by atoms with Crippen LogP contribution in [0.5, 0.6) is 0 Å². The first-order valence-corrected chi connectivity index (χ1v) is 10.1. The SMILES string of the molecule is Cc1ccccc1-n1nc(C)c(CN(C)C(=O)NC2CCC(C(=O)O)CC2)c1C. The number of benzene rings is 1. The van der Waals surface area contributed by atoms with E-state index < -0.39 is 5.97 Å². The van der Waals surface area contributed by atoms with E-state index in [9.17, 15) is 9.59 Å². The van der Waals surface area contributed by atoms with Gasteiger partial charge >= 0.3 is 12.0 Å². The summed E-state index contributed by atoms with van der Waals surface area (Å²) in [5.74, 6) is -1.01. The predicted molar refractivity (Wildman–Crippen MR) is 111 cm³/mol. The third-order valence-electron chi connectivity index (χ3n) is 5.93. The summed E-state index contributed by atoms with van der Waals surface area (Å²) in [4.78, 5) is 25.4. The normalized spacial score (nSPS) is 19.0. The molecule has 1 aliphatic carbocycles. The van der Waals surface area contributed by atoms with Crippen LogP contribution in [0.3, 0.4) is 0 Å². The van der Waals surface area contributed by atoms with Gasteiger partial charge in [0, 0.05) is 24.3 Å². The van der Waals surface area contributed by atoms with Crippen molar-refractivity contribution in [3.8, 4) is 5.69 Å². The molecule has 0 unspecified atom stereocenters. The van der Waals surface area contributed by atoms with E-state index in [1.165, 1.54) is 0 Å². The third kappa shape index (κ3) is 4.60. The Kier molecular flexibility index (Phi) is 6.25. The average Bonchev–Trinajstić information content (AvgIpc) is 2.96. The van der Waals surface area contributed by atoms with Crippen molar-refractivity contribution in [3.05, 3.63) is 46.8 Å². The van der Waals surface area contributed by atoms with Crippen LogP contribution in [-0.4, -0.2) is 44.9 Å². The molecule has 1 heterocycles. The van der Waals surface area contributed by atoms with Gasteiger partial charge < -0.3 is 15.3 Å². The van der Waals surface area contributed by atoms with Crippen LogP contribution in [0, 0.1) is 26.7 Å². The van der Waals surface area contributed by atoms with Crippen LogP contribution in [0.2, 0.25) is 0 Å². The van der Waals surface area contributed by atoms with Crippen LogP contribution >= 0.6 is 0 Å². The molecule has 2 aromatic rings. The number of nitrogens with zero attached hydrogens (tertiary/aromatic N) is 3. The Morgan fingerprint density at radius 2 is 1.83 bits per heavy atom. The summed E-state index contributed by atoms with van der Waals surface area (Å²) in [5, 5.41) is 16.9. The molecule has 3 rings (SSSR count). The van der Waals surface area contributed by atoms with E-state index in [0.29, 0.717) is 32.2 Å². The number of amides is 2. The van der Waals surface area contributed by atoms with Gasteiger partial charge in [0.15, 0.2) is 0 Å². The van der Waals surface area contributed by atoms with Crippen LogP contribution in [0.4, 0.5) is 4.79 Å². The van der Waals surface area contributed by atoms with Gasteiger partial charge in [0.1, 0.15) is 0 Å². The Morgan fingerprint density at radius 3 is 2.45 bits per heavy atom. The molecule has 1 aromatic heterocycles. The lowest BCUT2D eigenvalue weighted by atomic mass is 9.86. The second kappa shape index (κ2) is 8.68. The van der Waals surface area contributed by atoms with Crippen LogP contribution in [0.15, 0.2) is 24.3 Å². The number of urea groups is 1. The zero-order valence-electron chi connectivity index (χ0n) is 17.6. The van der Waals surface area contributed by atoms with Gasteiger partial charge in [0.25, 0.3) is 0 Å². The van der Waals surface area contributed by atoms with Crippen molar-refractivity contribution in [3.63, 3.8) is 0 Å². The molecule has 1 aromatic carbocycles. The molecular formula is C22H30N4O3. The zero-order valence-corrected chi connectivity index (χ0v) is 17.6. The van der Waals surface area contributed by atoms with Crippen molar-refractivity contribution in [2.75, 3.05) is 7.05 Å². The van der Waals surface area contributed by atoms with Crippen molar-refractivity contribution in [1.29, 1.82) is 0 Å². The van der Waals surface area contributed by atoms with E-state index in [-0.39, 0.29) is 18.0 Å². The summed E-state index contributed by atoms with van der Waals surface area (Å²) in [6, 6.07) is 8.01. The number of carboxylic acid groups (broad SMARTS) is 1. The minimum absolute atomic E-state index is 0.0393. The number of aryl methyl sites for hydroxylation is 2. The van der Waals surface area contributed by atoms with E-state index in [2.05, 4.69) is 18.3 Å². The second-order valence-electron chi connectivity index (χ2n) is 8.04. The molecule has 1 fully saturated rings. The van der Waals surface area contributed by atoms with Crippen LogP contribution in [0.25, 0.3) is 5.69 Å². The van der Waals surface area contributed by atoms with Crippen LogP contribution < -0.4 is 5.32 Å². The minimum atomic E-state index is -0.733. The lowest BCUT2D eigenvalue weighted by Gasteiger charge is -2.29. The summed E-state index contributed by atoms with van der Waals surface area (Å²) in [6.07, 6.45) is 2.65. The molecule has 1 saturated carbocycles. The summed E-state index contributed by atoms with van der Waals surface area (Å²) < 4.78 is 1.94. The molecule has 29 heavy (non-hydrogen) atoms. The monoisotopic (exact) mass is 398 g/mol. The Morgan fingerprint density at radius 1 is 1.17 bits per heavy atom. The summed E-state index contributed by atoms with van der Waals surface area (Å²) in [6.45, 7) is 6.53. The quantitative estimate of drug-likeness (QED) is 0.806. The topological polar surface area (TPSA) is 87.5 Å². The maximum atomic E-state index is 12.7. The molecule has 2 amide bonds. The maximum Gasteiger partial charge on any atom is 0.317 e. The largest absolute Gasteiger partial charge is 0.481 e. The fourth-order valence-corrected chi connectivity index (χ4v) is 4.02. The average molecular weight is 399 g/mol. The molecule has 2 N–H and O–H groups in total. The van der Waals surface area contributed by atoms with Gasteiger partial charge in [-0.2, -0.15) is 5.10 Å². The number of carbonyl (C=O) groups is 2. The number of hydrogen-bond donors (Lipinski definition) is 2. The second-order valence-corrected chi connectivity index (χ2v) is 8.04. The smallest absolute Gasteiger partial charge is 0.317 e. The highest BCUT2D eigenvalue weighted by atomic mass is 16.4. The molecule has 7 heteroatoms. The van der Waals surface area contributed by atoms with Gasteiger partial charge in [-0.3, -0.25) is 4.79 Å². The molecule has 1 aliphatic rings. The van der Waals surface area contributed by atoms with Crippen molar-refractivity contribution >= 4 is 12.0 Å². The first-order valence-electron chi connectivity index (χ1n) is 10.1. The van der Waals surface area contributed by atoms with Crippen LogP contribution in [0.1, 0.15) is 48.2 Å². The van der Waals surface area contributed by atoms with E-state index in [0.717, 1.165) is 28.2 Å². The first-order chi connectivity index (χ1) is 13.8. The number of para-hydroxylation sites is 1. The highest BCUT2D eigenvalue weighted by molar-refractivity contribution is 5.74. The molecule has 0 radical (unpaired) electrons. The molecule has 0 bridgehead atoms. The first kappa shape index (κ1) is 20.9. The highest BCUT2D eigenvalue weighted by Gasteiger charge is 2.27. The number of carbonyl (C=O) groups excluding carboxylic acids is 1. The Bertz CT molecular complexity index is 897. The Labute approximate surface area is 171 Å². The summed E-state index contributed by atoms with van der Waals surface area (Å²) in [7, 11) is 1.78. The molecule has 156 valence electrons. The van der Waals surface area contributed by atoms with Crippen LogP contribution in [-0.2, 0) is 11.3 Å². The Hall–Kier alpha value is -2.83. The van der Waals surface area contributed by atoms with Crippen molar-refractivity contribution in [1.82, 2.24) is 20.0 Å². The summed E-state index contributed by atoms with van der Waals surface area (Å²) >= 11 is 0. The zero-order chi connectivity index (χ0) is 21.1. The molecule has 0 saturated heterocycles. The number of carboxylic acids is 1. The lowest BCUT2D eigenvalue weighted by Crippen LogP contribution is -2.44. The highest BCUT2D eigenvalue weighted by Crippen LogP contribution is 2.25. The number of hydrogen-bond acceptors (Lipinski definition) is 3. The number of aromatic nitrogens is 2. The third-order valence-corrected chi connectivity index (χ3v) is 5.93.